The molecule has 1 aromatic rings. The molecule has 1 aromatic carbocycles. The van der Waals surface area contributed by atoms with E-state index >= 15 is 0 Å². The number of likely N-dealkylation sites (N-methyl/N-ethyl adjacent to an activating group) is 1. The molecular weight excluding hydrogens is 234 g/mol. The summed E-state index contributed by atoms with van der Waals surface area (Å²) in [6.45, 7) is 8.86. The smallest absolute Gasteiger partial charge is 0.0402 e. The second kappa shape index (κ2) is 6.92. The van der Waals surface area contributed by atoms with Crippen molar-refractivity contribution in [1.82, 2.24) is 10.2 Å². The first-order valence-corrected chi connectivity index (χ1v) is 7.45. The monoisotopic (exact) mass is 261 g/mol. The van der Waals surface area contributed by atoms with Gasteiger partial charge in [-0.05, 0) is 37.9 Å². The SMILES string of the molecule is CCc1cccc(C)c1NCCC1CNCCN1C. The first-order chi connectivity index (χ1) is 9.22. The van der Waals surface area contributed by atoms with Crippen molar-refractivity contribution < 1.29 is 0 Å². The summed E-state index contributed by atoms with van der Waals surface area (Å²) in [5.41, 5.74) is 4.13. The highest BCUT2D eigenvalue weighted by molar-refractivity contribution is 5.57. The number of nitrogens with one attached hydrogen (secondary N) is 2. The van der Waals surface area contributed by atoms with Gasteiger partial charge in [0.05, 0.1) is 0 Å². The van der Waals surface area contributed by atoms with Crippen molar-refractivity contribution in [2.24, 2.45) is 0 Å². The summed E-state index contributed by atoms with van der Waals surface area (Å²) in [4.78, 5) is 2.47. The van der Waals surface area contributed by atoms with E-state index in [0.29, 0.717) is 6.04 Å². The summed E-state index contributed by atoms with van der Waals surface area (Å²) in [6, 6.07) is 7.23. The highest BCUT2D eigenvalue weighted by Gasteiger charge is 2.17. The molecule has 0 spiro atoms. The minimum Gasteiger partial charge on any atom is -0.385 e. The zero-order chi connectivity index (χ0) is 13.7. The number of hydrogen-bond acceptors (Lipinski definition) is 3. The molecule has 0 amide bonds. The van der Waals surface area contributed by atoms with E-state index in [4.69, 9.17) is 0 Å². The molecule has 1 fully saturated rings. The van der Waals surface area contributed by atoms with Crippen LogP contribution in [0.15, 0.2) is 18.2 Å². The molecule has 0 aliphatic carbocycles. The maximum absolute atomic E-state index is 3.65. The van der Waals surface area contributed by atoms with Gasteiger partial charge in [-0.15, -0.1) is 0 Å². The Morgan fingerprint density at radius 3 is 3.00 bits per heavy atom. The summed E-state index contributed by atoms with van der Waals surface area (Å²) in [5, 5.41) is 7.12. The first-order valence-electron chi connectivity index (χ1n) is 7.45. The van der Waals surface area contributed by atoms with Crippen molar-refractivity contribution >= 4 is 5.69 Å². The minimum atomic E-state index is 0.662. The maximum Gasteiger partial charge on any atom is 0.0402 e. The Hall–Kier alpha value is -1.06. The number of benzene rings is 1. The van der Waals surface area contributed by atoms with Crippen LogP contribution in [0.5, 0.6) is 0 Å². The zero-order valence-corrected chi connectivity index (χ0v) is 12.5. The van der Waals surface area contributed by atoms with Crippen LogP contribution in [-0.4, -0.2) is 44.2 Å². The third-order valence-corrected chi connectivity index (χ3v) is 4.16. The number of rotatable bonds is 5. The molecule has 1 heterocycles. The van der Waals surface area contributed by atoms with Gasteiger partial charge < -0.3 is 15.5 Å². The summed E-state index contributed by atoms with van der Waals surface area (Å²) in [5.74, 6) is 0. The Morgan fingerprint density at radius 2 is 2.26 bits per heavy atom. The third kappa shape index (κ3) is 3.71. The fourth-order valence-corrected chi connectivity index (χ4v) is 2.82. The fourth-order valence-electron chi connectivity index (χ4n) is 2.82. The van der Waals surface area contributed by atoms with Gasteiger partial charge in [0.2, 0.25) is 0 Å². The lowest BCUT2D eigenvalue weighted by molar-refractivity contribution is 0.194. The van der Waals surface area contributed by atoms with Gasteiger partial charge in [-0.2, -0.15) is 0 Å². The molecule has 106 valence electrons. The van der Waals surface area contributed by atoms with Gasteiger partial charge in [-0.3, -0.25) is 0 Å². The molecule has 1 saturated heterocycles. The van der Waals surface area contributed by atoms with Crippen LogP contribution in [0.3, 0.4) is 0 Å². The van der Waals surface area contributed by atoms with Crippen LogP contribution in [0, 0.1) is 6.92 Å². The fraction of sp³-hybridized carbons (Fsp3) is 0.625. The van der Waals surface area contributed by atoms with Gasteiger partial charge in [-0.1, -0.05) is 25.1 Å². The Bertz CT molecular complexity index is 403. The van der Waals surface area contributed by atoms with E-state index in [1.54, 1.807) is 0 Å². The number of anilines is 1. The van der Waals surface area contributed by atoms with E-state index in [9.17, 15) is 0 Å². The second-order valence-corrected chi connectivity index (χ2v) is 5.52. The summed E-state index contributed by atoms with van der Waals surface area (Å²) in [6.07, 6.45) is 2.29. The standard InChI is InChI=1S/C16H27N3/c1-4-14-7-5-6-13(2)16(14)18-9-8-15-12-17-10-11-19(15)3/h5-7,15,17-18H,4,8-12H2,1-3H3. The average molecular weight is 261 g/mol. The molecule has 2 rings (SSSR count). The number of aryl methyl sites for hydroxylation is 2. The number of piperazine rings is 1. The molecule has 1 aliphatic heterocycles. The largest absolute Gasteiger partial charge is 0.385 e. The molecule has 1 aliphatic rings. The summed E-state index contributed by atoms with van der Waals surface area (Å²) < 4.78 is 0. The normalized spacial score (nSPS) is 20.5. The molecule has 0 radical (unpaired) electrons. The van der Waals surface area contributed by atoms with Crippen LogP contribution in [-0.2, 0) is 6.42 Å². The van der Waals surface area contributed by atoms with E-state index in [-0.39, 0.29) is 0 Å². The van der Waals surface area contributed by atoms with E-state index in [2.05, 4.69) is 54.6 Å². The predicted molar refractivity (Wildman–Crippen MR) is 83.0 cm³/mol. The molecule has 19 heavy (non-hydrogen) atoms. The molecule has 3 heteroatoms. The lowest BCUT2D eigenvalue weighted by Crippen LogP contribution is -2.49. The lowest BCUT2D eigenvalue weighted by atomic mass is 10.1. The number of hydrogen-bond donors (Lipinski definition) is 2. The molecule has 0 saturated carbocycles. The van der Waals surface area contributed by atoms with Gasteiger partial charge in [0.15, 0.2) is 0 Å². The number of nitrogens with zero attached hydrogens (tertiary/aromatic N) is 1. The molecule has 0 aromatic heterocycles. The molecule has 0 bridgehead atoms. The van der Waals surface area contributed by atoms with Crippen LogP contribution < -0.4 is 10.6 Å². The Morgan fingerprint density at radius 1 is 1.42 bits per heavy atom. The average Bonchev–Trinajstić information content (AvgIpc) is 2.42. The van der Waals surface area contributed by atoms with Crippen LogP contribution in [0.1, 0.15) is 24.5 Å². The Balaban J connectivity index is 1.88. The van der Waals surface area contributed by atoms with Crippen molar-refractivity contribution in [3.63, 3.8) is 0 Å². The molecular formula is C16H27N3. The van der Waals surface area contributed by atoms with Gasteiger partial charge in [0.25, 0.3) is 0 Å². The zero-order valence-electron chi connectivity index (χ0n) is 12.5. The maximum atomic E-state index is 3.65. The summed E-state index contributed by atoms with van der Waals surface area (Å²) in [7, 11) is 2.23. The van der Waals surface area contributed by atoms with Crippen molar-refractivity contribution in [1.29, 1.82) is 0 Å². The van der Waals surface area contributed by atoms with Crippen LogP contribution in [0.25, 0.3) is 0 Å². The van der Waals surface area contributed by atoms with Gasteiger partial charge in [-0.25, -0.2) is 0 Å². The van der Waals surface area contributed by atoms with Crippen LogP contribution in [0.2, 0.25) is 0 Å². The van der Waals surface area contributed by atoms with Gasteiger partial charge >= 0.3 is 0 Å². The van der Waals surface area contributed by atoms with Crippen molar-refractivity contribution in [2.45, 2.75) is 32.7 Å². The quantitative estimate of drug-likeness (QED) is 0.851. The van der Waals surface area contributed by atoms with Crippen molar-refractivity contribution in [3.05, 3.63) is 29.3 Å². The number of para-hydroxylation sites is 1. The minimum absolute atomic E-state index is 0.662. The molecule has 1 unspecified atom stereocenters. The highest BCUT2D eigenvalue weighted by atomic mass is 15.2. The third-order valence-electron chi connectivity index (χ3n) is 4.16. The van der Waals surface area contributed by atoms with Crippen LogP contribution >= 0.6 is 0 Å². The first kappa shape index (κ1) is 14.4. The topological polar surface area (TPSA) is 27.3 Å². The van der Waals surface area contributed by atoms with E-state index < -0.39 is 0 Å². The van der Waals surface area contributed by atoms with Crippen molar-refractivity contribution in [2.75, 3.05) is 38.5 Å². The van der Waals surface area contributed by atoms with Crippen LogP contribution in [0.4, 0.5) is 5.69 Å². The lowest BCUT2D eigenvalue weighted by Gasteiger charge is -2.33. The molecule has 2 N–H and O–H groups in total. The van der Waals surface area contributed by atoms with Gasteiger partial charge in [0, 0.05) is 37.9 Å². The van der Waals surface area contributed by atoms with E-state index in [1.807, 2.05) is 0 Å². The van der Waals surface area contributed by atoms with Crippen molar-refractivity contribution in [3.8, 4) is 0 Å². The predicted octanol–water partition coefficient (Wildman–Crippen LogP) is 2.26. The second-order valence-electron chi connectivity index (χ2n) is 5.52. The highest BCUT2D eigenvalue weighted by Crippen LogP contribution is 2.21. The molecule has 1 atom stereocenters. The summed E-state index contributed by atoms with van der Waals surface area (Å²) >= 11 is 0. The molecule has 3 nitrogen and oxygen atoms in total. The van der Waals surface area contributed by atoms with Gasteiger partial charge in [0.1, 0.15) is 0 Å². The Labute approximate surface area is 117 Å². The van der Waals surface area contributed by atoms with E-state index in [0.717, 1.165) is 32.6 Å². The Kier molecular flexibility index (Phi) is 5.23. The van der Waals surface area contributed by atoms with E-state index in [1.165, 1.54) is 23.2 Å².